The van der Waals surface area contributed by atoms with Gasteiger partial charge in [0, 0.05) is 13.1 Å². The zero-order chi connectivity index (χ0) is 7.72. The molecule has 4 nitrogen and oxygen atoms in total. The fourth-order valence-corrected chi connectivity index (χ4v) is 1.08. The Hall–Kier alpha value is -0.610. The van der Waals surface area contributed by atoms with Crippen LogP contribution in [0.2, 0.25) is 0 Å². The summed E-state index contributed by atoms with van der Waals surface area (Å²) < 4.78 is 0. The fraction of sp³-hybridized carbons (Fsp3) is 0.833. The van der Waals surface area contributed by atoms with Crippen molar-refractivity contribution in [2.75, 3.05) is 13.7 Å². The highest BCUT2D eigenvalue weighted by atomic mass is 16.3. The predicted octanol–water partition coefficient (Wildman–Crippen LogP) is -1.04. The van der Waals surface area contributed by atoms with Crippen molar-refractivity contribution >= 4 is 5.91 Å². The molecule has 2 atom stereocenters. The number of carbonyl (C=O) groups is 1. The van der Waals surface area contributed by atoms with Crippen molar-refractivity contribution in [1.29, 1.82) is 0 Å². The first-order valence-corrected chi connectivity index (χ1v) is 3.31. The second-order valence-electron chi connectivity index (χ2n) is 2.62. The fourth-order valence-electron chi connectivity index (χ4n) is 1.08. The van der Waals surface area contributed by atoms with Crippen LogP contribution in [-0.2, 0) is 4.79 Å². The molecule has 1 heterocycles. The maximum Gasteiger partial charge on any atom is 0.241 e. The van der Waals surface area contributed by atoms with E-state index in [0.29, 0.717) is 0 Å². The Labute approximate surface area is 59.8 Å². The molecule has 0 aliphatic carbocycles. The normalized spacial score (nSPS) is 34.5. The summed E-state index contributed by atoms with van der Waals surface area (Å²) in [6.07, 6.45) is 0. The van der Waals surface area contributed by atoms with E-state index >= 15 is 0 Å². The number of rotatable bonds is 1. The number of nitrogens with zero attached hydrogens (tertiary/aromatic N) is 1. The Balaban J connectivity index is 2.64. The monoisotopic (exact) mass is 144 g/mol. The number of hydrogen-bond donors (Lipinski definition) is 2. The Morgan fingerprint density at radius 3 is 2.60 bits per heavy atom. The summed E-state index contributed by atoms with van der Waals surface area (Å²) in [5, 5.41) is 10.4. The van der Waals surface area contributed by atoms with Crippen LogP contribution in [0.4, 0.5) is 0 Å². The second kappa shape index (κ2) is 2.56. The van der Waals surface area contributed by atoms with Crippen LogP contribution >= 0.6 is 0 Å². The molecule has 0 aromatic carbocycles. The number of hydrogen-bond acceptors (Lipinski definition) is 3. The molecule has 1 fully saturated rings. The minimum absolute atomic E-state index is 0.0721. The summed E-state index contributed by atoms with van der Waals surface area (Å²) in [5.41, 5.74) is 2.60. The largest absolute Gasteiger partial charge is 0.395 e. The summed E-state index contributed by atoms with van der Waals surface area (Å²) in [4.78, 5) is 10.9. The average Bonchev–Trinajstić information content (AvgIpc) is 2.09. The van der Waals surface area contributed by atoms with Gasteiger partial charge in [0.25, 0.3) is 0 Å². The highest BCUT2D eigenvalue weighted by Crippen LogP contribution is 2.13. The van der Waals surface area contributed by atoms with Crippen LogP contribution in [0.1, 0.15) is 6.92 Å². The molecular weight excluding hydrogens is 132 g/mol. The van der Waals surface area contributed by atoms with E-state index in [1.165, 1.54) is 0 Å². The third-order valence-electron chi connectivity index (χ3n) is 2.01. The van der Waals surface area contributed by atoms with E-state index in [1.807, 2.05) is 6.92 Å². The van der Waals surface area contributed by atoms with E-state index in [4.69, 9.17) is 5.11 Å². The van der Waals surface area contributed by atoms with E-state index in [9.17, 15) is 4.79 Å². The van der Waals surface area contributed by atoms with Gasteiger partial charge in [-0.3, -0.25) is 10.2 Å². The van der Waals surface area contributed by atoms with Gasteiger partial charge in [0.05, 0.1) is 12.5 Å². The molecule has 1 saturated heterocycles. The van der Waals surface area contributed by atoms with E-state index in [2.05, 4.69) is 5.43 Å². The van der Waals surface area contributed by atoms with Crippen molar-refractivity contribution in [3.8, 4) is 0 Å². The number of carbonyl (C=O) groups excluding carboxylic acids is 1. The van der Waals surface area contributed by atoms with E-state index in [1.54, 1.807) is 12.1 Å². The predicted molar refractivity (Wildman–Crippen MR) is 35.9 cm³/mol. The quantitative estimate of drug-likeness (QED) is 0.494. The van der Waals surface area contributed by atoms with Gasteiger partial charge in [0.1, 0.15) is 0 Å². The molecule has 1 rings (SSSR count). The van der Waals surface area contributed by atoms with Gasteiger partial charge < -0.3 is 5.11 Å². The summed E-state index contributed by atoms with van der Waals surface area (Å²) >= 11 is 0. The zero-order valence-electron chi connectivity index (χ0n) is 6.16. The van der Waals surface area contributed by atoms with Crippen molar-refractivity contribution in [1.82, 2.24) is 10.4 Å². The summed E-state index contributed by atoms with van der Waals surface area (Å²) in [6, 6.07) is 0.0949. The van der Waals surface area contributed by atoms with Crippen LogP contribution in [0.5, 0.6) is 0 Å². The zero-order valence-corrected chi connectivity index (χ0v) is 6.16. The Morgan fingerprint density at radius 1 is 1.80 bits per heavy atom. The molecule has 2 N–H and O–H groups in total. The van der Waals surface area contributed by atoms with Gasteiger partial charge in [0.2, 0.25) is 5.91 Å². The maximum atomic E-state index is 10.9. The van der Waals surface area contributed by atoms with E-state index < -0.39 is 0 Å². The molecule has 0 aromatic heterocycles. The molecule has 1 aliphatic heterocycles. The molecular formula is C6H12N2O2. The molecule has 1 aliphatic rings. The molecule has 0 saturated carbocycles. The number of nitrogens with one attached hydrogen (secondary N) is 1. The van der Waals surface area contributed by atoms with E-state index in [0.717, 1.165) is 0 Å². The molecule has 10 heavy (non-hydrogen) atoms. The standard InChI is InChI=1S/C6H12N2O2/c1-4-5(3-9)6(10)7-8(4)2/h4-5,9H,3H2,1-2H3,(H,7,10). The smallest absolute Gasteiger partial charge is 0.241 e. The maximum absolute atomic E-state index is 10.9. The van der Waals surface area contributed by atoms with Gasteiger partial charge in [-0.1, -0.05) is 0 Å². The minimum Gasteiger partial charge on any atom is -0.395 e. The Bertz CT molecular complexity index is 149. The highest BCUT2D eigenvalue weighted by Gasteiger charge is 2.34. The molecule has 58 valence electrons. The molecule has 0 bridgehead atoms. The second-order valence-corrected chi connectivity index (χ2v) is 2.62. The number of aliphatic hydroxyl groups excluding tert-OH is 1. The van der Waals surface area contributed by atoms with Crippen LogP contribution in [0, 0.1) is 5.92 Å². The van der Waals surface area contributed by atoms with E-state index in [-0.39, 0.29) is 24.5 Å². The first-order chi connectivity index (χ1) is 4.66. The first kappa shape index (κ1) is 7.50. The topological polar surface area (TPSA) is 52.6 Å². The molecule has 4 heteroatoms. The van der Waals surface area contributed by atoms with Crippen LogP contribution in [0.3, 0.4) is 0 Å². The molecule has 1 amide bonds. The van der Waals surface area contributed by atoms with Crippen LogP contribution < -0.4 is 5.43 Å². The first-order valence-electron chi connectivity index (χ1n) is 3.31. The molecule has 0 spiro atoms. The van der Waals surface area contributed by atoms with Crippen molar-refractivity contribution in [2.24, 2.45) is 5.92 Å². The molecule has 2 unspecified atom stereocenters. The molecule has 0 aromatic rings. The average molecular weight is 144 g/mol. The van der Waals surface area contributed by atoms with Crippen molar-refractivity contribution in [3.63, 3.8) is 0 Å². The van der Waals surface area contributed by atoms with Crippen molar-refractivity contribution in [3.05, 3.63) is 0 Å². The van der Waals surface area contributed by atoms with Gasteiger partial charge in [-0.15, -0.1) is 0 Å². The summed E-state index contributed by atoms with van der Waals surface area (Å²) in [7, 11) is 1.79. The lowest BCUT2D eigenvalue weighted by atomic mass is 10.0. The molecule has 0 radical (unpaired) electrons. The van der Waals surface area contributed by atoms with Crippen LogP contribution in [0.25, 0.3) is 0 Å². The Morgan fingerprint density at radius 2 is 2.40 bits per heavy atom. The number of amides is 1. The Kier molecular flexibility index (Phi) is 1.92. The number of hydrazine groups is 1. The van der Waals surface area contributed by atoms with Crippen LogP contribution in [0.15, 0.2) is 0 Å². The third kappa shape index (κ3) is 0.998. The third-order valence-corrected chi connectivity index (χ3v) is 2.01. The summed E-state index contributed by atoms with van der Waals surface area (Å²) in [6.45, 7) is 1.83. The lowest BCUT2D eigenvalue weighted by Crippen LogP contribution is -2.32. The summed E-state index contributed by atoms with van der Waals surface area (Å²) in [5.74, 6) is -0.345. The van der Waals surface area contributed by atoms with Crippen molar-refractivity contribution < 1.29 is 9.90 Å². The van der Waals surface area contributed by atoms with Gasteiger partial charge in [-0.2, -0.15) is 0 Å². The van der Waals surface area contributed by atoms with Crippen LogP contribution in [-0.4, -0.2) is 35.7 Å². The lowest BCUT2D eigenvalue weighted by molar-refractivity contribution is -0.124. The lowest BCUT2D eigenvalue weighted by Gasteiger charge is -2.14. The number of aliphatic hydroxyl groups is 1. The SMILES string of the molecule is CC1C(CO)C(=O)NN1C. The van der Waals surface area contributed by atoms with Crippen molar-refractivity contribution in [2.45, 2.75) is 13.0 Å². The minimum atomic E-state index is -0.259. The van der Waals surface area contributed by atoms with Gasteiger partial charge in [-0.25, -0.2) is 5.01 Å². The van der Waals surface area contributed by atoms with Gasteiger partial charge >= 0.3 is 0 Å². The van der Waals surface area contributed by atoms with Gasteiger partial charge in [-0.05, 0) is 6.92 Å². The van der Waals surface area contributed by atoms with Gasteiger partial charge in [0.15, 0.2) is 0 Å². The highest BCUT2D eigenvalue weighted by molar-refractivity contribution is 5.80.